The summed E-state index contributed by atoms with van der Waals surface area (Å²) in [6.07, 6.45) is 2.96. The fourth-order valence-electron chi connectivity index (χ4n) is 1.58. The van der Waals surface area contributed by atoms with Crippen LogP contribution >= 0.6 is 12.2 Å². The molecule has 102 valence electrons. The highest BCUT2D eigenvalue weighted by Gasteiger charge is 2.03. The van der Waals surface area contributed by atoms with Gasteiger partial charge in [0.05, 0.1) is 5.69 Å². The van der Waals surface area contributed by atoms with Gasteiger partial charge in [-0.05, 0) is 32.5 Å². The van der Waals surface area contributed by atoms with Crippen molar-refractivity contribution in [2.45, 2.75) is 26.8 Å². The zero-order valence-corrected chi connectivity index (χ0v) is 12.1. The molecule has 1 rings (SSSR count). The van der Waals surface area contributed by atoms with E-state index in [9.17, 15) is 0 Å². The van der Waals surface area contributed by atoms with E-state index in [0.717, 1.165) is 37.4 Å². The summed E-state index contributed by atoms with van der Waals surface area (Å²) in [4.78, 5) is 0. The van der Waals surface area contributed by atoms with E-state index in [1.54, 1.807) is 0 Å². The predicted octanol–water partition coefficient (Wildman–Crippen LogP) is 1.12. The molecule has 0 aromatic carbocycles. The Hall–Kier alpha value is -1.14. The lowest BCUT2D eigenvalue weighted by Crippen LogP contribution is -2.35. The van der Waals surface area contributed by atoms with Crippen molar-refractivity contribution in [1.82, 2.24) is 20.4 Å². The Morgan fingerprint density at radius 1 is 1.50 bits per heavy atom. The van der Waals surface area contributed by atoms with Crippen molar-refractivity contribution in [3.8, 4) is 0 Å². The Kier molecular flexibility index (Phi) is 6.67. The molecule has 0 unspecified atom stereocenters. The maximum atomic E-state index is 5.25. The van der Waals surface area contributed by atoms with Crippen LogP contribution in [0.1, 0.15) is 24.6 Å². The van der Waals surface area contributed by atoms with Crippen molar-refractivity contribution < 1.29 is 4.74 Å². The van der Waals surface area contributed by atoms with Gasteiger partial charge in [0.2, 0.25) is 0 Å². The first kappa shape index (κ1) is 14.9. The van der Waals surface area contributed by atoms with E-state index < -0.39 is 0 Å². The third kappa shape index (κ3) is 5.46. The molecule has 6 heteroatoms. The first-order chi connectivity index (χ1) is 8.63. The van der Waals surface area contributed by atoms with Crippen LogP contribution in [0.15, 0.2) is 6.20 Å². The molecule has 0 saturated carbocycles. The van der Waals surface area contributed by atoms with Crippen LogP contribution in [0, 0.1) is 6.92 Å². The molecule has 0 spiro atoms. The SMILES string of the molecule is CCOCCCNC(=S)NCc1cn(C)nc1C. The molecular weight excluding hydrogens is 248 g/mol. The quantitative estimate of drug-likeness (QED) is 0.574. The Bertz CT molecular complexity index is 378. The minimum atomic E-state index is 0.676. The van der Waals surface area contributed by atoms with Gasteiger partial charge in [-0.25, -0.2) is 0 Å². The van der Waals surface area contributed by atoms with Gasteiger partial charge in [-0.3, -0.25) is 4.68 Å². The van der Waals surface area contributed by atoms with Gasteiger partial charge in [0.1, 0.15) is 0 Å². The van der Waals surface area contributed by atoms with Gasteiger partial charge in [-0.2, -0.15) is 5.10 Å². The average Bonchev–Trinajstić information content (AvgIpc) is 2.65. The van der Waals surface area contributed by atoms with Gasteiger partial charge < -0.3 is 15.4 Å². The molecule has 2 N–H and O–H groups in total. The second kappa shape index (κ2) is 8.05. The van der Waals surface area contributed by atoms with Crippen molar-refractivity contribution in [1.29, 1.82) is 0 Å². The highest BCUT2D eigenvalue weighted by atomic mass is 32.1. The Labute approximate surface area is 114 Å². The number of aromatic nitrogens is 2. The second-order valence-electron chi connectivity index (χ2n) is 4.07. The maximum Gasteiger partial charge on any atom is 0.166 e. The Morgan fingerprint density at radius 3 is 2.89 bits per heavy atom. The first-order valence-corrected chi connectivity index (χ1v) is 6.63. The lowest BCUT2D eigenvalue weighted by molar-refractivity contribution is 0.145. The molecule has 0 saturated heterocycles. The smallest absolute Gasteiger partial charge is 0.166 e. The van der Waals surface area contributed by atoms with Crippen molar-refractivity contribution >= 4 is 17.3 Å². The van der Waals surface area contributed by atoms with E-state index in [2.05, 4.69) is 15.7 Å². The number of rotatable bonds is 7. The minimum Gasteiger partial charge on any atom is -0.382 e. The zero-order valence-electron chi connectivity index (χ0n) is 11.3. The van der Waals surface area contributed by atoms with Gasteiger partial charge in [0.15, 0.2) is 5.11 Å². The first-order valence-electron chi connectivity index (χ1n) is 6.22. The monoisotopic (exact) mass is 270 g/mol. The van der Waals surface area contributed by atoms with E-state index in [0.29, 0.717) is 11.7 Å². The summed E-state index contributed by atoms with van der Waals surface area (Å²) < 4.78 is 7.06. The topological polar surface area (TPSA) is 51.1 Å². The molecule has 18 heavy (non-hydrogen) atoms. The van der Waals surface area contributed by atoms with E-state index in [1.165, 1.54) is 0 Å². The number of thiocarbonyl (C=S) groups is 1. The van der Waals surface area contributed by atoms with Crippen LogP contribution < -0.4 is 10.6 Å². The van der Waals surface area contributed by atoms with Crippen LogP contribution in [-0.2, 0) is 18.3 Å². The molecule has 0 atom stereocenters. The predicted molar refractivity (Wildman–Crippen MR) is 76.5 cm³/mol. The third-order valence-corrected chi connectivity index (χ3v) is 2.80. The van der Waals surface area contributed by atoms with Crippen molar-refractivity contribution in [3.63, 3.8) is 0 Å². The van der Waals surface area contributed by atoms with E-state index >= 15 is 0 Å². The number of nitrogens with zero attached hydrogens (tertiary/aromatic N) is 2. The summed E-state index contributed by atoms with van der Waals surface area (Å²) >= 11 is 5.19. The average molecular weight is 270 g/mol. The van der Waals surface area contributed by atoms with E-state index in [1.807, 2.05) is 31.8 Å². The van der Waals surface area contributed by atoms with Crippen molar-refractivity contribution in [3.05, 3.63) is 17.5 Å². The number of ether oxygens (including phenoxy) is 1. The molecule has 1 aromatic rings. The number of hydrogen-bond donors (Lipinski definition) is 2. The molecule has 0 aliphatic heterocycles. The molecule has 0 aliphatic carbocycles. The fraction of sp³-hybridized carbons (Fsp3) is 0.667. The van der Waals surface area contributed by atoms with Crippen LogP contribution in [0.5, 0.6) is 0 Å². The largest absolute Gasteiger partial charge is 0.382 e. The lowest BCUT2D eigenvalue weighted by Gasteiger charge is -2.09. The highest BCUT2D eigenvalue weighted by Crippen LogP contribution is 2.03. The minimum absolute atomic E-state index is 0.676. The molecule has 1 aromatic heterocycles. The molecule has 0 amide bonds. The normalized spacial score (nSPS) is 10.4. The summed E-state index contributed by atoms with van der Waals surface area (Å²) in [6, 6.07) is 0. The van der Waals surface area contributed by atoms with Crippen LogP contribution in [0.2, 0.25) is 0 Å². The molecule has 0 radical (unpaired) electrons. The van der Waals surface area contributed by atoms with E-state index in [-0.39, 0.29) is 0 Å². The highest BCUT2D eigenvalue weighted by molar-refractivity contribution is 7.80. The lowest BCUT2D eigenvalue weighted by atomic mass is 10.3. The number of hydrogen-bond acceptors (Lipinski definition) is 3. The Balaban J connectivity index is 2.15. The summed E-state index contributed by atoms with van der Waals surface area (Å²) in [6.45, 7) is 7.07. The molecular formula is C12H22N4OS. The molecule has 1 heterocycles. The maximum absolute atomic E-state index is 5.25. The molecule has 5 nitrogen and oxygen atoms in total. The molecule has 0 bridgehead atoms. The number of aryl methyl sites for hydroxylation is 2. The Morgan fingerprint density at radius 2 is 2.28 bits per heavy atom. The van der Waals surface area contributed by atoms with Crippen LogP contribution in [0.3, 0.4) is 0 Å². The zero-order chi connectivity index (χ0) is 13.4. The van der Waals surface area contributed by atoms with Gasteiger partial charge in [-0.15, -0.1) is 0 Å². The van der Waals surface area contributed by atoms with Crippen molar-refractivity contribution in [2.24, 2.45) is 7.05 Å². The van der Waals surface area contributed by atoms with Gasteiger partial charge in [0.25, 0.3) is 0 Å². The summed E-state index contributed by atoms with van der Waals surface area (Å²) in [5.74, 6) is 0. The van der Waals surface area contributed by atoms with Crippen LogP contribution in [0.25, 0.3) is 0 Å². The standard InChI is InChI=1S/C12H22N4OS/c1-4-17-7-5-6-13-12(18)14-8-11-9-16(3)15-10(11)2/h9H,4-8H2,1-3H3,(H2,13,14,18). The van der Waals surface area contributed by atoms with E-state index in [4.69, 9.17) is 17.0 Å². The van der Waals surface area contributed by atoms with Gasteiger partial charge >= 0.3 is 0 Å². The molecule has 0 fully saturated rings. The van der Waals surface area contributed by atoms with Crippen LogP contribution in [0.4, 0.5) is 0 Å². The fourth-order valence-corrected chi connectivity index (χ4v) is 1.75. The van der Waals surface area contributed by atoms with Crippen LogP contribution in [-0.4, -0.2) is 34.7 Å². The second-order valence-corrected chi connectivity index (χ2v) is 4.48. The molecule has 0 aliphatic rings. The summed E-state index contributed by atoms with van der Waals surface area (Å²) in [7, 11) is 1.92. The number of nitrogens with one attached hydrogen (secondary N) is 2. The summed E-state index contributed by atoms with van der Waals surface area (Å²) in [5.41, 5.74) is 2.19. The van der Waals surface area contributed by atoms with Gasteiger partial charge in [0, 0.05) is 45.1 Å². The third-order valence-electron chi connectivity index (χ3n) is 2.51. The van der Waals surface area contributed by atoms with Gasteiger partial charge in [-0.1, -0.05) is 0 Å². The summed E-state index contributed by atoms with van der Waals surface area (Å²) in [5, 5.41) is 11.3. The van der Waals surface area contributed by atoms with Crippen molar-refractivity contribution in [2.75, 3.05) is 19.8 Å².